The van der Waals surface area contributed by atoms with Gasteiger partial charge in [0.15, 0.2) is 11.6 Å². The molecule has 206 valence electrons. The number of halogens is 4. The van der Waals surface area contributed by atoms with Gasteiger partial charge in [-0.25, -0.2) is 13.2 Å². The van der Waals surface area contributed by atoms with E-state index in [1.54, 1.807) is 43.5 Å². The molecule has 1 amide bonds. The van der Waals surface area contributed by atoms with Crippen molar-refractivity contribution in [3.63, 3.8) is 0 Å². The molecule has 0 saturated carbocycles. The number of ether oxygens (including phenoxy) is 1. The Kier molecular flexibility index (Phi) is 7.64. The number of nitrogens with zero attached hydrogens (tertiary/aromatic N) is 2. The number of anilines is 3. The van der Waals surface area contributed by atoms with Crippen molar-refractivity contribution in [2.75, 3.05) is 41.9 Å². The second kappa shape index (κ2) is 11.0. The zero-order valence-electron chi connectivity index (χ0n) is 21.4. The third kappa shape index (κ3) is 5.65. The van der Waals surface area contributed by atoms with Gasteiger partial charge in [-0.1, -0.05) is 23.7 Å². The summed E-state index contributed by atoms with van der Waals surface area (Å²) in [6.07, 6.45) is 1.08. The first kappa shape index (κ1) is 27.1. The number of nitrogens with one attached hydrogen (secondary N) is 1. The molecule has 3 aromatic carbocycles. The molecule has 3 aromatic rings. The highest BCUT2D eigenvalue weighted by Crippen LogP contribution is 2.39. The van der Waals surface area contributed by atoms with E-state index >= 15 is 4.39 Å². The molecule has 1 saturated heterocycles. The van der Waals surface area contributed by atoms with Gasteiger partial charge >= 0.3 is 0 Å². The van der Waals surface area contributed by atoms with Gasteiger partial charge in [-0.15, -0.1) is 0 Å². The zero-order chi connectivity index (χ0) is 27.7. The van der Waals surface area contributed by atoms with Crippen LogP contribution in [0.25, 0.3) is 0 Å². The van der Waals surface area contributed by atoms with Gasteiger partial charge in [0.25, 0.3) is 0 Å². The molecule has 6 nitrogen and oxygen atoms in total. The fourth-order valence-electron chi connectivity index (χ4n) is 5.25. The van der Waals surface area contributed by atoms with Crippen LogP contribution in [-0.2, 0) is 17.8 Å². The molecule has 2 aliphatic rings. The predicted octanol–water partition coefficient (Wildman–Crippen LogP) is 5.69. The smallest absolute Gasteiger partial charge is 0.227 e. The van der Waals surface area contributed by atoms with Crippen LogP contribution in [0.5, 0.6) is 5.75 Å². The Morgan fingerprint density at radius 1 is 1.03 bits per heavy atom. The lowest BCUT2D eigenvalue weighted by Gasteiger charge is -2.40. The van der Waals surface area contributed by atoms with Crippen LogP contribution in [-0.4, -0.2) is 43.4 Å². The first-order valence-corrected chi connectivity index (χ1v) is 13.2. The van der Waals surface area contributed by atoms with Crippen molar-refractivity contribution < 1.29 is 27.8 Å². The molecular weight excluding hydrogens is 531 g/mol. The van der Waals surface area contributed by atoms with E-state index in [1.165, 1.54) is 11.0 Å². The minimum Gasteiger partial charge on any atom is -0.497 e. The molecule has 5 rings (SSSR count). The van der Waals surface area contributed by atoms with Crippen molar-refractivity contribution in [2.24, 2.45) is 0 Å². The third-order valence-corrected chi connectivity index (χ3v) is 7.75. The molecule has 0 spiro atoms. The lowest BCUT2D eigenvalue weighted by Crippen LogP contribution is -2.48. The summed E-state index contributed by atoms with van der Waals surface area (Å²) in [6.45, 7) is 0.998. The summed E-state index contributed by atoms with van der Waals surface area (Å²) in [7, 11) is 1.55. The van der Waals surface area contributed by atoms with Gasteiger partial charge < -0.3 is 25.0 Å². The molecule has 0 aromatic heterocycles. The molecule has 10 heteroatoms. The largest absolute Gasteiger partial charge is 0.497 e. The lowest BCUT2D eigenvalue weighted by atomic mass is 9.90. The first-order chi connectivity index (χ1) is 18.7. The van der Waals surface area contributed by atoms with Gasteiger partial charge in [0.2, 0.25) is 5.91 Å². The minimum absolute atomic E-state index is 0.0791. The number of methoxy groups -OCH3 is 1. The normalized spacial score (nSPS) is 16.7. The number of amides is 1. The van der Waals surface area contributed by atoms with Crippen LogP contribution in [0.4, 0.5) is 30.2 Å². The van der Waals surface area contributed by atoms with Crippen LogP contribution < -0.4 is 19.9 Å². The average molecular weight is 560 g/mol. The summed E-state index contributed by atoms with van der Waals surface area (Å²) in [5, 5.41) is 14.7. The standard InChI is InChI=1S/C29H29ClF3N3O3/c1-39-20-5-2-18(3-6-20)16-36-26(37)9-7-21-24(15-23(32)27(33)28(21)36)34-17-29(38)10-12-35(13-11-29)25-8-4-19(30)14-22(25)31/h2-6,8,14-15,34,38H,7,9-13,16-17H2,1H3. The molecule has 1 fully saturated rings. The zero-order valence-corrected chi connectivity index (χ0v) is 22.2. The molecule has 2 aliphatic heterocycles. The number of fused-ring (bicyclic) bond motifs is 1. The third-order valence-electron chi connectivity index (χ3n) is 7.51. The number of aliphatic hydroxyl groups is 1. The summed E-state index contributed by atoms with van der Waals surface area (Å²) < 4.78 is 49.4. The monoisotopic (exact) mass is 559 g/mol. The maximum absolute atomic E-state index is 15.1. The molecule has 39 heavy (non-hydrogen) atoms. The first-order valence-electron chi connectivity index (χ1n) is 12.8. The number of rotatable bonds is 7. The molecular formula is C29H29ClF3N3O3. The summed E-state index contributed by atoms with van der Waals surface area (Å²) in [5.41, 5.74) is 0.787. The number of hydrogen-bond donors (Lipinski definition) is 2. The molecule has 0 aliphatic carbocycles. The number of carbonyl (C=O) groups is 1. The Hall–Kier alpha value is -3.43. The van der Waals surface area contributed by atoms with Crippen LogP contribution >= 0.6 is 11.6 Å². The molecule has 0 atom stereocenters. The number of piperidine rings is 1. The molecule has 0 unspecified atom stereocenters. The van der Waals surface area contributed by atoms with E-state index < -0.39 is 23.1 Å². The Balaban J connectivity index is 1.32. The topological polar surface area (TPSA) is 65.0 Å². The number of benzene rings is 3. The van der Waals surface area contributed by atoms with E-state index in [0.717, 1.165) is 11.6 Å². The van der Waals surface area contributed by atoms with Crippen molar-refractivity contribution in [3.05, 3.63) is 82.1 Å². The minimum atomic E-state index is -1.13. The van der Waals surface area contributed by atoms with Crippen LogP contribution in [0.3, 0.4) is 0 Å². The van der Waals surface area contributed by atoms with E-state index in [1.807, 2.05) is 4.90 Å². The van der Waals surface area contributed by atoms with Gasteiger partial charge in [-0.2, -0.15) is 0 Å². The second-order valence-corrected chi connectivity index (χ2v) is 10.5. The summed E-state index contributed by atoms with van der Waals surface area (Å²) in [6, 6.07) is 12.6. The molecule has 0 bridgehead atoms. The Bertz CT molecular complexity index is 1380. The van der Waals surface area contributed by atoms with Crippen molar-refractivity contribution in [2.45, 2.75) is 37.8 Å². The van der Waals surface area contributed by atoms with Crippen LogP contribution in [0.2, 0.25) is 5.02 Å². The van der Waals surface area contributed by atoms with Gasteiger partial charge in [0.05, 0.1) is 30.6 Å². The van der Waals surface area contributed by atoms with E-state index in [9.17, 15) is 18.7 Å². The molecule has 2 heterocycles. The highest BCUT2D eigenvalue weighted by Gasteiger charge is 2.35. The van der Waals surface area contributed by atoms with Crippen molar-refractivity contribution in [1.82, 2.24) is 0 Å². The van der Waals surface area contributed by atoms with Crippen molar-refractivity contribution >= 4 is 34.6 Å². The lowest BCUT2D eigenvalue weighted by molar-refractivity contribution is -0.119. The SMILES string of the molecule is COc1ccc(CN2C(=O)CCc3c(NCC4(O)CCN(c5ccc(Cl)cc5F)CC4)cc(F)c(F)c32)cc1. The maximum Gasteiger partial charge on any atom is 0.227 e. The quantitative estimate of drug-likeness (QED) is 0.389. The summed E-state index contributed by atoms with van der Waals surface area (Å²) in [4.78, 5) is 15.9. The van der Waals surface area contributed by atoms with Crippen molar-refractivity contribution in [3.8, 4) is 5.75 Å². The predicted molar refractivity (Wildman–Crippen MR) is 145 cm³/mol. The fraction of sp³-hybridized carbons (Fsp3) is 0.345. The summed E-state index contributed by atoms with van der Waals surface area (Å²) >= 11 is 5.86. The highest BCUT2D eigenvalue weighted by molar-refractivity contribution is 6.30. The van der Waals surface area contributed by atoms with Crippen LogP contribution in [0, 0.1) is 17.5 Å². The Morgan fingerprint density at radius 2 is 1.74 bits per heavy atom. The van der Waals surface area contributed by atoms with E-state index in [2.05, 4.69) is 5.32 Å². The Morgan fingerprint density at radius 3 is 2.41 bits per heavy atom. The van der Waals surface area contributed by atoms with Gasteiger partial charge in [0, 0.05) is 48.4 Å². The van der Waals surface area contributed by atoms with E-state index in [4.69, 9.17) is 16.3 Å². The van der Waals surface area contributed by atoms with Gasteiger partial charge in [-0.05, 0) is 55.2 Å². The van der Waals surface area contributed by atoms with E-state index in [0.29, 0.717) is 53.6 Å². The molecule has 2 N–H and O–H groups in total. The number of hydrogen-bond acceptors (Lipinski definition) is 5. The number of carbonyl (C=O) groups excluding carboxylic acids is 1. The fourth-order valence-corrected chi connectivity index (χ4v) is 5.41. The summed E-state index contributed by atoms with van der Waals surface area (Å²) in [5.74, 6) is -2.22. The maximum atomic E-state index is 15.1. The van der Waals surface area contributed by atoms with Crippen molar-refractivity contribution in [1.29, 1.82) is 0 Å². The molecule has 0 radical (unpaired) electrons. The average Bonchev–Trinajstić information content (AvgIpc) is 2.92. The van der Waals surface area contributed by atoms with Crippen LogP contribution in [0.15, 0.2) is 48.5 Å². The van der Waals surface area contributed by atoms with Gasteiger partial charge in [-0.3, -0.25) is 4.79 Å². The Labute approximate surface area is 229 Å². The second-order valence-electron chi connectivity index (χ2n) is 10.0. The van der Waals surface area contributed by atoms with Crippen LogP contribution in [0.1, 0.15) is 30.4 Å². The van der Waals surface area contributed by atoms with E-state index in [-0.39, 0.29) is 37.5 Å². The highest BCUT2D eigenvalue weighted by atomic mass is 35.5. The van der Waals surface area contributed by atoms with Gasteiger partial charge in [0.1, 0.15) is 11.6 Å².